The van der Waals surface area contributed by atoms with Crippen molar-refractivity contribution in [2.24, 2.45) is 0 Å². The number of amides is 1. The molecular formula is C23H21NO3. The predicted octanol–water partition coefficient (Wildman–Crippen LogP) is 4.38. The zero-order chi connectivity index (χ0) is 19.1. The number of carbonyl (C=O) groups excluding carboxylic acids is 2. The molecule has 4 nitrogen and oxygen atoms in total. The van der Waals surface area contributed by atoms with Gasteiger partial charge in [-0.25, -0.2) is 4.79 Å². The Balaban J connectivity index is 1.61. The fourth-order valence-corrected chi connectivity index (χ4v) is 2.73. The number of hydrogen-bond acceptors (Lipinski definition) is 3. The predicted molar refractivity (Wildman–Crippen MR) is 106 cm³/mol. The van der Waals surface area contributed by atoms with Crippen molar-refractivity contribution in [3.05, 3.63) is 101 Å². The highest BCUT2D eigenvalue weighted by atomic mass is 16.5. The molecule has 0 atom stereocenters. The van der Waals surface area contributed by atoms with Crippen LogP contribution in [-0.2, 0) is 16.0 Å². The van der Waals surface area contributed by atoms with Crippen molar-refractivity contribution >= 4 is 17.6 Å². The Bertz CT molecular complexity index is 918. The molecule has 0 spiro atoms. The lowest BCUT2D eigenvalue weighted by Gasteiger charge is -2.10. The molecule has 3 aromatic carbocycles. The van der Waals surface area contributed by atoms with Gasteiger partial charge in [0.1, 0.15) is 0 Å². The average Bonchev–Trinajstić information content (AvgIpc) is 2.69. The Hall–Kier alpha value is -3.40. The monoisotopic (exact) mass is 359 g/mol. The van der Waals surface area contributed by atoms with Crippen LogP contribution in [0.3, 0.4) is 0 Å². The van der Waals surface area contributed by atoms with Crippen LogP contribution in [0.4, 0.5) is 5.69 Å². The summed E-state index contributed by atoms with van der Waals surface area (Å²) >= 11 is 0. The number of hydrogen-bond donors (Lipinski definition) is 1. The van der Waals surface area contributed by atoms with E-state index in [1.54, 1.807) is 12.1 Å². The standard InChI is InChI=1S/C23H21NO3/c1-17-11-13-20(14-12-17)24-22(25)16-27-23(26)21-10-6-5-9-19(21)15-18-7-3-2-4-8-18/h2-14H,15-16H2,1H3,(H,24,25). The van der Waals surface area contributed by atoms with Crippen molar-refractivity contribution in [3.8, 4) is 0 Å². The Morgan fingerprint density at radius 1 is 0.852 bits per heavy atom. The Labute approximate surface area is 158 Å². The summed E-state index contributed by atoms with van der Waals surface area (Å²) in [5.41, 5.74) is 4.23. The SMILES string of the molecule is Cc1ccc(NC(=O)COC(=O)c2ccccc2Cc2ccccc2)cc1. The van der Waals surface area contributed by atoms with Gasteiger partial charge in [-0.2, -0.15) is 0 Å². The summed E-state index contributed by atoms with van der Waals surface area (Å²) in [6.45, 7) is 1.65. The van der Waals surface area contributed by atoms with E-state index in [1.807, 2.05) is 73.7 Å². The Morgan fingerprint density at radius 3 is 2.26 bits per heavy atom. The van der Waals surface area contributed by atoms with E-state index in [0.717, 1.165) is 16.7 Å². The van der Waals surface area contributed by atoms with E-state index in [4.69, 9.17) is 4.74 Å². The summed E-state index contributed by atoms with van der Waals surface area (Å²) in [6, 6.07) is 24.6. The maximum absolute atomic E-state index is 12.5. The number of carbonyl (C=O) groups is 2. The third kappa shape index (κ3) is 5.28. The molecule has 0 aliphatic rings. The van der Waals surface area contributed by atoms with Crippen LogP contribution in [0.1, 0.15) is 27.0 Å². The van der Waals surface area contributed by atoms with Crippen molar-refractivity contribution in [2.75, 3.05) is 11.9 Å². The maximum atomic E-state index is 12.5. The largest absolute Gasteiger partial charge is 0.452 e. The smallest absolute Gasteiger partial charge is 0.338 e. The van der Waals surface area contributed by atoms with Crippen LogP contribution >= 0.6 is 0 Å². The summed E-state index contributed by atoms with van der Waals surface area (Å²) in [5.74, 6) is -0.867. The van der Waals surface area contributed by atoms with Gasteiger partial charge in [-0.05, 0) is 42.7 Å². The molecule has 0 fully saturated rings. The summed E-state index contributed by atoms with van der Waals surface area (Å²) in [5, 5.41) is 2.71. The van der Waals surface area contributed by atoms with Crippen LogP contribution in [0.15, 0.2) is 78.9 Å². The number of esters is 1. The first-order valence-corrected chi connectivity index (χ1v) is 8.77. The van der Waals surface area contributed by atoms with E-state index < -0.39 is 5.97 Å². The number of nitrogens with one attached hydrogen (secondary N) is 1. The van der Waals surface area contributed by atoms with Gasteiger partial charge in [0, 0.05) is 5.69 Å². The lowest BCUT2D eigenvalue weighted by Crippen LogP contribution is -2.21. The minimum absolute atomic E-state index is 0.327. The molecular weight excluding hydrogens is 338 g/mol. The van der Waals surface area contributed by atoms with Crippen molar-refractivity contribution in [3.63, 3.8) is 0 Å². The average molecular weight is 359 g/mol. The molecule has 1 N–H and O–H groups in total. The number of rotatable bonds is 6. The van der Waals surface area contributed by atoms with E-state index >= 15 is 0 Å². The number of ether oxygens (including phenoxy) is 1. The van der Waals surface area contributed by atoms with Gasteiger partial charge in [-0.15, -0.1) is 0 Å². The highest BCUT2D eigenvalue weighted by molar-refractivity contribution is 5.96. The van der Waals surface area contributed by atoms with Crippen LogP contribution in [0.25, 0.3) is 0 Å². The van der Waals surface area contributed by atoms with Crippen LogP contribution < -0.4 is 5.32 Å². The molecule has 0 aliphatic carbocycles. The first-order chi connectivity index (χ1) is 13.1. The molecule has 0 aliphatic heterocycles. The third-order valence-electron chi connectivity index (χ3n) is 4.14. The highest BCUT2D eigenvalue weighted by Gasteiger charge is 2.14. The van der Waals surface area contributed by atoms with Gasteiger partial charge >= 0.3 is 5.97 Å². The first kappa shape index (κ1) is 18.4. The Kier molecular flexibility index (Phi) is 6.00. The molecule has 0 aromatic heterocycles. The van der Waals surface area contributed by atoms with Crippen LogP contribution in [0.5, 0.6) is 0 Å². The quantitative estimate of drug-likeness (QED) is 0.665. The van der Waals surface area contributed by atoms with Crippen molar-refractivity contribution in [1.82, 2.24) is 0 Å². The molecule has 27 heavy (non-hydrogen) atoms. The molecule has 0 heterocycles. The van der Waals surface area contributed by atoms with Crippen molar-refractivity contribution in [2.45, 2.75) is 13.3 Å². The molecule has 0 unspecified atom stereocenters. The summed E-state index contributed by atoms with van der Waals surface area (Å²) in [4.78, 5) is 24.5. The molecule has 3 rings (SSSR count). The van der Waals surface area contributed by atoms with Gasteiger partial charge in [0.25, 0.3) is 5.91 Å². The van der Waals surface area contributed by atoms with Gasteiger partial charge < -0.3 is 10.1 Å². The van der Waals surface area contributed by atoms with Gasteiger partial charge in [0.15, 0.2) is 6.61 Å². The highest BCUT2D eigenvalue weighted by Crippen LogP contribution is 2.16. The van der Waals surface area contributed by atoms with Gasteiger partial charge in [0.05, 0.1) is 5.56 Å². The molecule has 0 bridgehead atoms. The zero-order valence-electron chi connectivity index (χ0n) is 15.1. The fraction of sp³-hybridized carbons (Fsp3) is 0.130. The number of anilines is 1. The second kappa shape index (κ2) is 8.81. The van der Waals surface area contributed by atoms with E-state index in [2.05, 4.69) is 5.32 Å². The number of benzene rings is 3. The zero-order valence-corrected chi connectivity index (χ0v) is 15.1. The van der Waals surface area contributed by atoms with Crippen LogP contribution in [-0.4, -0.2) is 18.5 Å². The minimum atomic E-state index is -0.499. The Morgan fingerprint density at radius 2 is 1.52 bits per heavy atom. The lowest BCUT2D eigenvalue weighted by molar-refractivity contribution is -0.119. The molecule has 1 amide bonds. The molecule has 0 saturated heterocycles. The van der Waals surface area contributed by atoms with Crippen LogP contribution in [0, 0.1) is 6.92 Å². The summed E-state index contributed by atoms with van der Waals surface area (Å²) < 4.78 is 5.21. The summed E-state index contributed by atoms with van der Waals surface area (Å²) in [7, 11) is 0. The molecule has 3 aromatic rings. The van der Waals surface area contributed by atoms with E-state index in [-0.39, 0.29) is 12.5 Å². The van der Waals surface area contributed by atoms with Gasteiger partial charge in [-0.3, -0.25) is 4.79 Å². The lowest BCUT2D eigenvalue weighted by atomic mass is 10.00. The van der Waals surface area contributed by atoms with E-state index in [0.29, 0.717) is 17.7 Å². The number of aryl methyl sites for hydroxylation is 1. The normalized spacial score (nSPS) is 10.3. The third-order valence-corrected chi connectivity index (χ3v) is 4.14. The maximum Gasteiger partial charge on any atom is 0.338 e. The second-order valence-electron chi connectivity index (χ2n) is 6.31. The minimum Gasteiger partial charge on any atom is -0.452 e. The van der Waals surface area contributed by atoms with E-state index in [1.165, 1.54) is 0 Å². The molecule has 136 valence electrons. The van der Waals surface area contributed by atoms with Crippen LogP contribution in [0.2, 0.25) is 0 Å². The van der Waals surface area contributed by atoms with Crippen molar-refractivity contribution < 1.29 is 14.3 Å². The van der Waals surface area contributed by atoms with Crippen molar-refractivity contribution in [1.29, 1.82) is 0 Å². The summed E-state index contributed by atoms with van der Waals surface area (Å²) in [6.07, 6.45) is 0.627. The topological polar surface area (TPSA) is 55.4 Å². The molecule has 0 saturated carbocycles. The van der Waals surface area contributed by atoms with Gasteiger partial charge in [0.2, 0.25) is 0 Å². The van der Waals surface area contributed by atoms with E-state index in [9.17, 15) is 9.59 Å². The first-order valence-electron chi connectivity index (χ1n) is 8.77. The fourth-order valence-electron chi connectivity index (χ4n) is 2.73. The second-order valence-corrected chi connectivity index (χ2v) is 6.31. The van der Waals surface area contributed by atoms with Gasteiger partial charge in [-0.1, -0.05) is 66.2 Å². The molecule has 0 radical (unpaired) electrons. The molecule has 4 heteroatoms.